The van der Waals surface area contributed by atoms with Gasteiger partial charge < -0.3 is 0 Å². The average molecular weight is 375 g/mol. The lowest BCUT2D eigenvalue weighted by Crippen LogP contribution is -2.36. The summed E-state index contributed by atoms with van der Waals surface area (Å²) in [7, 11) is 0. The number of benzene rings is 2. The highest BCUT2D eigenvalue weighted by atomic mass is 32.2. The highest BCUT2D eigenvalue weighted by Crippen LogP contribution is 2.18. The Labute approximate surface area is 152 Å². The number of fused-ring (bicyclic) bond motifs is 1. The zero-order valence-corrected chi connectivity index (χ0v) is 14.6. The van der Waals surface area contributed by atoms with E-state index in [2.05, 4.69) is 10.4 Å². The number of rotatable bonds is 5. The molecule has 5 nitrogen and oxygen atoms in total. The van der Waals surface area contributed by atoms with Crippen LogP contribution in [0.4, 0.5) is 8.78 Å². The van der Waals surface area contributed by atoms with Crippen LogP contribution < -0.4 is 11.0 Å². The molecule has 0 saturated heterocycles. The van der Waals surface area contributed by atoms with Gasteiger partial charge in [0.1, 0.15) is 17.0 Å². The minimum atomic E-state index is -0.699. The maximum atomic E-state index is 14.1. The summed E-state index contributed by atoms with van der Waals surface area (Å²) in [4.78, 5) is 29.3. The van der Waals surface area contributed by atoms with Crippen molar-refractivity contribution in [3.8, 4) is 0 Å². The summed E-state index contributed by atoms with van der Waals surface area (Å²) >= 11 is 1.25. The highest BCUT2D eigenvalue weighted by molar-refractivity contribution is 7.99. The van der Waals surface area contributed by atoms with Gasteiger partial charge in [0.2, 0.25) is 5.91 Å². The summed E-state index contributed by atoms with van der Waals surface area (Å²) in [6.45, 7) is 1.87. The van der Waals surface area contributed by atoms with E-state index < -0.39 is 23.1 Å². The predicted octanol–water partition coefficient (Wildman–Crippen LogP) is 3.10. The first kappa shape index (κ1) is 18.1. The fourth-order valence-electron chi connectivity index (χ4n) is 2.45. The SMILES string of the molecule is CCSc1nc2cccc(F)c2c(=O)n1NC(=O)Cc1ccc(F)cc1. The van der Waals surface area contributed by atoms with E-state index in [-0.39, 0.29) is 22.5 Å². The molecule has 0 saturated carbocycles. The molecule has 134 valence electrons. The Kier molecular flexibility index (Phi) is 5.32. The van der Waals surface area contributed by atoms with Crippen LogP contribution >= 0.6 is 11.8 Å². The number of nitrogens with one attached hydrogen (secondary N) is 1. The Morgan fingerprint density at radius 2 is 1.92 bits per heavy atom. The fourth-order valence-corrected chi connectivity index (χ4v) is 3.12. The molecule has 0 radical (unpaired) electrons. The lowest BCUT2D eigenvalue weighted by Gasteiger charge is -2.13. The second-order valence-corrected chi connectivity index (χ2v) is 6.67. The molecule has 3 rings (SSSR count). The summed E-state index contributed by atoms with van der Waals surface area (Å²) in [6, 6.07) is 9.66. The van der Waals surface area contributed by atoms with Gasteiger partial charge in [0.25, 0.3) is 5.56 Å². The first-order valence-corrected chi connectivity index (χ1v) is 8.86. The van der Waals surface area contributed by atoms with Crippen LogP contribution in [0, 0.1) is 11.6 Å². The van der Waals surface area contributed by atoms with E-state index in [4.69, 9.17) is 0 Å². The van der Waals surface area contributed by atoms with Gasteiger partial charge in [-0.1, -0.05) is 36.9 Å². The zero-order valence-electron chi connectivity index (χ0n) is 13.8. The van der Waals surface area contributed by atoms with Crippen molar-refractivity contribution in [3.05, 3.63) is 70.0 Å². The number of halogens is 2. The summed E-state index contributed by atoms with van der Waals surface area (Å²) < 4.78 is 28.0. The quantitative estimate of drug-likeness (QED) is 0.550. The Hall–Kier alpha value is -2.74. The summed E-state index contributed by atoms with van der Waals surface area (Å²) in [5.74, 6) is -0.980. The van der Waals surface area contributed by atoms with Gasteiger partial charge in [-0.3, -0.25) is 15.0 Å². The maximum Gasteiger partial charge on any atom is 0.284 e. The number of thioether (sulfide) groups is 1. The van der Waals surface area contributed by atoms with Crippen LogP contribution in [0.15, 0.2) is 52.4 Å². The van der Waals surface area contributed by atoms with E-state index >= 15 is 0 Å². The zero-order chi connectivity index (χ0) is 18.7. The number of hydrogen-bond donors (Lipinski definition) is 1. The molecular weight excluding hydrogens is 360 g/mol. The molecule has 1 heterocycles. The smallest absolute Gasteiger partial charge is 0.273 e. The molecule has 0 aliphatic carbocycles. The summed E-state index contributed by atoms with van der Waals surface area (Å²) in [5, 5.41) is 0.0816. The molecule has 1 aromatic heterocycles. The molecule has 2 aromatic carbocycles. The topological polar surface area (TPSA) is 64.0 Å². The number of carbonyl (C=O) groups excluding carboxylic acids is 1. The van der Waals surface area contributed by atoms with Crippen LogP contribution in [0.2, 0.25) is 0 Å². The molecule has 1 amide bonds. The first-order valence-electron chi connectivity index (χ1n) is 7.88. The monoisotopic (exact) mass is 375 g/mol. The minimum absolute atomic E-state index is 0.0573. The van der Waals surface area contributed by atoms with Gasteiger partial charge in [-0.15, -0.1) is 0 Å². The van der Waals surface area contributed by atoms with E-state index in [1.807, 2.05) is 6.92 Å². The molecule has 26 heavy (non-hydrogen) atoms. The van der Waals surface area contributed by atoms with Crippen LogP contribution in [0.1, 0.15) is 12.5 Å². The summed E-state index contributed by atoms with van der Waals surface area (Å²) in [5.41, 5.74) is 2.60. The third-order valence-corrected chi connectivity index (χ3v) is 4.42. The van der Waals surface area contributed by atoms with Crippen LogP contribution in [-0.4, -0.2) is 21.3 Å². The van der Waals surface area contributed by atoms with Gasteiger partial charge in [-0.05, 0) is 35.6 Å². The Morgan fingerprint density at radius 3 is 2.62 bits per heavy atom. The van der Waals surface area contributed by atoms with Crippen molar-refractivity contribution in [1.82, 2.24) is 9.66 Å². The number of carbonyl (C=O) groups is 1. The molecule has 1 N–H and O–H groups in total. The average Bonchev–Trinajstić information content (AvgIpc) is 2.60. The van der Waals surface area contributed by atoms with Gasteiger partial charge in [-0.2, -0.15) is 4.68 Å². The lowest BCUT2D eigenvalue weighted by atomic mass is 10.1. The van der Waals surface area contributed by atoms with Crippen LogP contribution in [0.25, 0.3) is 10.9 Å². The molecule has 0 atom stereocenters. The molecule has 0 fully saturated rings. The van der Waals surface area contributed by atoms with Crippen molar-refractivity contribution in [2.45, 2.75) is 18.5 Å². The van der Waals surface area contributed by atoms with Gasteiger partial charge in [0.05, 0.1) is 11.9 Å². The van der Waals surface area contributed by atoms with E-state index in [1.165, 1.54) is 48.2 Å². The lowest BCUT2D eigenvalue weighted by molar-refractivity contribution is -0.116. The molecule has 0 aliphatic rings. The second-order valence-electron chi connectivity index (χ2n) is 5.44. The molecule has 0 aliphatic heterocycles. The van der Waals surface area contributed by atoms with E-state index in [1.54, 1.807) is 6.07 Å². The van der Waals surface area contributed by atoms with Gasteiger partial charge >= 0.3 is 0 Å². The molecular formula is C18H15F2N3O2S. The largest absolute Gasteiger partial charge is 0.284 e. The number of hydrogen-bond acceptors (Lipinski definition) is 4. The fraction of sp³-hybridized carbons (Fsp3) is 0.167. The number of aromatic nitrogens is 2. The predicted molar refractivity (Wildman–Crippen MR) is 96.8 cm³/mol. The molecule has 8 heteroatoms. The van der Waals surface area contributed by atoms with Gasteiger partial charge in [0, 0.05) is 0 Å². The first-order chi connectivity index (χ1) is 12.5. The third kappa shape index (κ3) is 3.75. The summed E-state index contributed by atoms with van der Waals surface area (Å²) in [6.07, 6.45) is -0.0573. The Balaban J connectivity index is 1.97. The van der Waals surface area contributed by atoms with Crippen molar-refractivity contribution in [3.63, 3.8) is 0 Å². The van der Waals surface area contributed by atoms with Crippen LogP contribution in [-0.2, 0) is 11.2 Å². The Bertz CT molecular complexity index is 1020. The van der Waals surface area contributed by atoms with E-state index in [9.17, 15) is 18.4 Å². The van der Waals surface area contributed by atoms with E-state index in [0.29, 0.717) is 11.3 Å². The van der Waals surface area contributed by atoms with Gasteiger partial charge in [0.15, 0.2) is 5.16 Å². The molecule has 0 spiro atoms. The molecule has 3 aromatic rings. The number of nitrogens with zero attached hydrogens (tertiary/aromatic N) is 2. The normalized spacial score (nSPS) is 10.9. The van der Waals surface area contributed by atoms with Crippen molar-refractivity contribution >= 4 is 28.6 Å². The van der Waals surface area contributed by atoms with Gasteiger partial charge in [-0.25, -0.2) is 13.8 Å². The second kappa shape index (κ2) is 7.65. The van der Waals surface area contributed by atoms with Crippen molar-refractivity contribution in [2.24, 2.45) is 0 Å². The highest BCUT2D eigenvalue weighted by Gasteiger charge is 2.16. The standard InChI is InChI=1S/C18H15F2N3O2S/c1-2-26-18-21-14-5-3-4-13(20)16(14)17(25)23(18)22-15(24)10-11-6-8-12(19)9-7-11/h3-9H,2,10H2,1H3,(H,22,24). The van der Waals surface area contributed by atoms with E-state index in [0.717, 1.165) is 4.68 Å². The Morgan fingerprint density at radius 1 is 1.19 bits per heavy atom. The van der Waals surface area contributed by atoms with Crippen LogP contribution in [0.3, 0.4) is 0 Å². The molecule has 0 unspecified atom stereocenters. The number of amides is 1. The van der Waals surface area contributed by atoms with Crippen molar-refractivity contribution in [1.29, 1.82) is 0 Å². The van der Waals surface area contributed by atoms with Crippen molar-refractivity contribution < 1.29 is 13.6 Å². The van der Waals surface area contributed by atoms with Crippen LogP contribution in [0.5, 0.6) is 0 Å². The third-order valence-electron chi connectivity index (χ3n) is 3.60. The van der Waals surface area contributed by atoms with Crippen molar-refractivity contribution in [2.75, 3.05) is 11.2 Å². The maximum absolute atomic E-state index is 14.1. The molecule has 0 bridgehead atoms. The minimum Gasteiger partial charge on any atom is -0.273 e.